The molecule has 0 saturated heterocycles. The number of carbonyl (C=O) groups excluding carboxylic acids is 1. The Hall–Kier alpha value is -3.46. The van der Waals surface area contributed by atoms with E-state index in [1.165, 1.54) is 4.57 Å². The third-order valence-electron chi connectivity index (χ3n) is 4.73. The molecule has 150 valence electrons. The van der Waals surface area contributed by atoms with Gasteiger partial charge in [0.05, 0.1) is 19.7 Å². The zero-order chi connectivity index (χ0) is 20.6. The number of hydrogen-bond acceptors (Lipinski definition) is 7. The molecule has 0 unspecified atom stereocenters. The van der Waals surface area contributed by atoms with Gasteiger partial charge in [0.2, 0.25) is 5.75 Å². The SMILES string of the molecule is CC1(C)OCCn2c1nc(C(=O)NCc1cc(-c3ccccc3)no1)c(O)c2=O. The van der Waals surface area contributed by atoms with Crippen molar-refractivity contribution in [2.75, 3.05) is 6.61 Å². The van der Waals surface area contributed by atoms with Crippen LogP contribution in [0.5, 0.6) is 5.75 Å². The van der Waals surface area contributed by atoms with Gasteiger partial charge in [-0.3, -0.25) is 14.2 Å². The first-order chi connectivity index (χ1) is 13.9. The normalized spacial score (nSPS) is 15.0. The highest BCUT2D eigenvalue weighted by Gasteiger charge is 2.34. The molecule has 2 aromatic heterocycles. The summed E-state index contributed by atoms with van der Waals surface area (Å²) in [7, 11) is 0. The second-order valence-corrected chi connectivity index (χ2v) is 7.18. The van der Waals surface area contributed by atoms with Crippen LogP contribution in [0.25, 0.3) is 11.3 Å². The molecule has 0 atom stereocenters. The molecular formula is C20H20N4O5. The van der Waals surface area contributed by atoms with E-state index in [0.717, 1.165) is 5.56 Å². The molecule has 9 heteroatoms. The summed E-state index contributed by atoms with van der Waals surface area (Å²) in [5, 5.41) is 16.8. The zero-order valence-electron chi connectivity index (χ0n) is 16.0. The van der Waals surface area contributed by atoms with Gasteiger partial charge in [-0.1, -0.05) is 35.5 Å². The molecule has 9 nitrogen and oxygen atoms in total. The van der Waals surface area contributed by atoms with E-state index in [2.05, 4.69) is 15.5 Å². The Morgan fingerprint density at radius 3 is 2.83 bits per heavy atom. The van der Waals surface area contributed by atoms with Gasteiger partial charge in [0.25, 0.3) is 11.5 Å². The Morgan fingerprint density at radius 1 is 1.31 bits per heavy atom. The molecule has 2 N–H and O–H groups in total. The van der Waals surface area contributed by atoms with Crippen molar-refractivity contribution in [3.63, 3.8) is 0 Å². The van der Waals surface area contributed by atoms with Gasteiger partial charge in [-0.15, -0.1) is 0 Å². The summed E-state index contributed by atoms with van der Waals surface area (Å²) in [6.07, 6.45) is 0. The van der Waals surface area contributed by atoms with Gasteiger partial charge in [0.15, 0.2) is 11.5 Å². The molecule has 0 saturated carbocycles. The van der Waals surface area contributed by atoms with Crippen LogP contribution in [0, 0.1) is 0 Å². The Bertz CT molecular complexity index is 1120. The number of aromatic hydroxyl groups is 1. The van der Waals surface area contributed by atoms with E-state index in [1.807, 2.05) is 30.3 Å². The summed E-state index contributed by atoms with van der Waals surface area (Å²) in [6.45, 7) is 4.12. The van der Waals surface area contributed by atoms with Gasteiger partial charge in [-0.25, -0.2) is 4.98 Å². The average Bonchev–Trinajstić information content (AvgIpc) is 3.18. The van der Waals surface area contributed by atoms with Gasteiger partial charge in [-0.05, 0) is 13.8 Å². The van der Waals surface area contributed by atoms with Gasteiger partial charge >= 0.3 is 0 Å². The van der Waals surface area contributed by atoms with Gasteiger partial charge < -0.3 is 19.7 Å². The lowest BCUT2D eigenvalue weighted by Crippen LogP contribution is -2.42. The van der Waals surface area contributed by atoms with Crippen LogP contribution in [-0.2, 0) is 23.4 Å². The van der Waals surface area contributed by atoms with Crippen molar-refractivity contribution in [2.24, 2.45) is 0 Å². The molecule has 0 spiro atoms. The number of rotatable bonds is 4. The van der Waals surface area contributed by atoms with Crippen molar-refractivity contribution < 1.29 is 19.2 Å². The van der Waals surface area contributed by atoms with Crippen LogP contribution < -0.4 is 10.9 Å². The largest absolute Gasteiger partial charge is 0.501 e. The standard InChI is InChI=1S/C20H20N4O5/c1-20(2)19-22-15(16(25)18(27)24(19)8-9-28-20)17(26)21-11-13-10-14(23-29-13)12-6-4-3-5-7-12/h3-7,10,25H,8-9,11H2,1-2H3,(H,21,26). The van der Waals surface area contributed by atoms with E-state index in [0.29, 0.717) is 23.9 Å². The summed E-state index contributed by atoms with van der Waals surface area (Å²) >= 11 is 0. The van der Waals surface area contributed by atoms with Crippen LogP contribution in [0.4, 0.5) is 0 Å². The molecule has 0 fully saturated rings. The molecule has 0 radical (unpaired) electrons. The number of nitrogens with one attached hydrogen (secondary N) is 1. The maximum absolute atomic E-state index is 12.6. The van der Waals surface area contributed by atoms with Crippen molar-refractivity contribution >= 4 is 5.91 Å². The number of ether oxygens (including phenoxy) is 1. The maximum atomic E-state index is 12.6. The van der Waals surface area contributed by atoms with Crippen molar-refractivity contribution in [1.29, 1.82) is 0 Å². The van der Waals surface area contributed by atoms with Crippen LogP contribution in [0.2, 0.25) is 0 Å². The second kappa shape index (κ2) is 7.17. The van der Waals surface area contributed by atoms with Crippen LogP contribution in [0.3, 0.4) is 0 Å². The van der Waals surface area contributed by atoms with E-state index < -0.39 is 22.8 Å². The molecule has 1 aliphatic heterocycles. The third-order valence-corrected chi connectivity index (χ3v) is 4.73. The number of carbonyl (C=O) groups is 1. The summed E-state index contributed by atoms with van der Waals surface area (Å²) < 4.78 is 12.2. The predicted molar refractivity (Wildman–Crippen MR) is 102 cm³/mol. The van der Waals surface area contributed by atoms with Crippen molar-refractivity contribution in [3.8, 4) is 17.0 Å². The fourth-order valence-corrected chi connectivity index (χ4v) is 3.22. The van der Waals surface area contributed by atoms with E-state index in [1.54, 1.807) is 19.9 Å². The Balaban J connectivity index is 1.55. The molecule has 3 aromatic rings. The fraction of sp³-hybridized carbons (Fsp3) is 0.300. The fourth-order valence-electron chi connectivity index (χ4n) is 3.22. The zero-order valence-corrected chi connectivity index (χ0v) is 16.0. The number of nitrogens with zero attached hydrogens (tertiary/aromatic N) is 3. The lowest BCUT2D eigenvalue weighted by atomic mass is 10.1. The first-order valence-corrected chi connectivity index (χ1v) is 9.14. The Labute approximate surface area is 165 Å². The van der Waals surface area contributed by atoms with Crippen LogP contribution in [0.1, 0.15) is 35.9 Å². The van der Waals surface area contributed by atoms with Crippen LogP contribution in [-0.4, -0.2) is 32.3 Å². The molecule has 0 bridgehead atoms. The predicted octanol–water partition coefficient (Wildman–Crippen LogP) is 1.80. The van der Waals surface area contributed by atoms with E-state index in [-0.39, 0.29) is 18.8 Å². The Kier molecular flexibility index (Phi) is 4.67. The Morgan fingerprint density at radius 2 is 2.07 bits per heavy atom. The van der Waals surface area contributed by atoms with Crippen molar-refractivity contribution in [1.82, 2.24) is 20.0 Å². The highest BCUT2D eigenvalue weighted by molar-refractivity contribution is 5.94. The lowest BCUT2D eigenvalue weighted by Gasteiger charge is -2.32. The topological polar surface area (TPSA) is 119 Å². The summed E-state index contributed by atoms with van der Waals surface area (Å²) in [5.41, 5.74) is -0.333. The lowest BCUT2D eigenvalue weighted by molar-refractivity contribution is -0.0566. The van der Waals surface area contributed by atoms with Gasteiger partial charge in [-0.2, -0.15) is 0 Å². The molecule has 4 rings (SSSR count). The molecule has 3 heterocycles. The number of amides is 1. The van der Waals surface area contributed by atoms with Gasteiger partial charge in [0, 0.05) is 11.6 Å². The number of aromatic nitrogens is 3. The smallest absolute Gasteiger partial charge is 0.296 e. The maximum Gasteiger partial charge on any atom is 0.296 e. The molecule has 1 aliphatic rings. The highest BCUT2D eigenvalue weighted by atomic mass is 16.5. The van der Waals surface area contributed by atoms with E-state index in [4.69, 9.17) is 9.26 Å². The minimum atomic E-state index is -0.852. The van der Waals surface area contributed by atoms with E-state index >= 15 is 0 Å². The van der Waals surface area contributed by atoms with Crippen LogP contribution >= 0.6 is 0 Å². The molecule has 0 aliphatic carbocycles. The number of benzene rings is 1. The third kappa shape index (κ3) is 3.52. The first kappa shape index (κ1) is 18.9. The first-order valence-electron chi connectivity index (χ1n) is 9.14. The number of fused-ring (bicyclic) bond motifs is 1. The quantitative estimate of drug-likeness (QED) is 0.690. The van der Waals surface area contributed by atoms with Crippen molar-refractivity contribution in [3.05, 3.63) is 64.0 Å². The molecule has 29 heavy (non-hydrogen) atoms. The molecular weight excluding hydrogens is 376 g/mol. The summed E-state index contributed by atoms with van der Waals surface area (Å²) in [6, 6.07) is 11.2. The highest BCUT2D eigenvalue weighted by Crippen LogP contribution is 2.27. The average molecular weight is 396 g/mol. The summed E-state index contributed by atoms with van der Waals surface area (Å²) in [4.78, 5) is 29.3. The van der Waals surface area contributed by atoms with Crippen molar-refractivity contribution in [2.45, 2.75) is 32.5 Å². The van der Waals surface area contributed by atoms with Crippen LogP contribution in [0.15, 0.2) is 45.7 Å². The minimum absolute atomic E-state index is 0.0259. The minimum Gasteiger partial charge on any atom is -0.501 e. The summed E-state index contributed by atoms with van der Waals surface area (Å²) in [5.74, 6) is -0.661. The number of hydrogen-bond donors (Lipinski definition) is 2. The molecule has 1 aromatic carbocycles. The monoisotopic (exact) mass is 396 g/mol. The molecule has 1 amide bonds. The van der Waals surface area contributed by atoms with E-state index in [9.17, 15) is 14.7 Å². The second-order valence-electron chi connectivity index (χ2n) is 7.18. The van der Waals surface area contributed by atoms with Gasteiger partial charge in [0.1, 0.15) is 17.1 Å².